The largest absolute Gasteiger partial charge is 0.321 e. The van der Waals surface area contributed by atoms with Gasteiger partial charge in [0, 0.05) is 53.8 Å². The van der Waals surface area contributed by atoms with Crippen molar-refractivity contribution >= 4 is 34.5 Å². The molecule has 5 rings (SSSR count). The molecule has 1 amide bonds. The van der Waals surface area contributed by atoms with Crippen LogP contribution in [-0.4, -0.2) is 52.3 Å². The number of anilines is 1. The molecule has 1 aliphatic rings. The molecule has 0 aliphatic carbocycles. The number of benzene rings is 1. The van der Waals surface area contributed by atoms with Gasteiger partial charge in [-0.3, -0.25) is 9.89 Å². The van der Waals surface area contributed by atoms with Crippen LogP contribution in [0.2, 0.25) is 0 Å². The fraction of sp³-hybridized carbons (Fsp3) is 0.227. The molecular weight excluding hydrogens is 519 g/mol. The lowest BCUT2D eigenvalue weighted by Gasteiger charge is -2.26. The molecule has 9 nitrogen and oxygen atoms in total. The van der Waals surface area contributed by atoms with Crippen molar-refractivity contribution in [3.05, 3.63) is 72.3 Å². The number of nitrogens with zero attached hydrogens (tertiary/aromatic N) is 6. The highest BCUT2D eigenvalue weighted by atomic mass is 127. The fourth-order valence-corrected chi connectivity index (χ4v) is 4.61. The molecule has 4 heterocycles. The maximum atomic E-state index is 12.8. The molecule has 1 atom stereocenters. The number of amides is 1. The van der Waals surface area contributed by atoms with Gasteiger partial charge in [0.2, 0.25) is 0 Å². The van der Waals surface area contributed by atoms with Crippen molar-refractivity contribution in [2.75, 3.05) is 18.4 Å². The first kappa shape index (κ1) is 20.8. The van der Waals surface area contributed by atoms with Crippen molar-refractivity contribution in [2.24, 2.45) is 0 Å². The Hall–Kier alpha value is -3.12. The number of carbonyl (C=O) groups excluding carboxylic acids is 1. The Balaban J connectivity index is 1.32. The average Bonchev–Trinajstić information content (AvgIpc) is 3.52. The van der Waals surface area contributed by atoms with Gasteiger partial charge in [0.25, 0.3) is 5.91 Å². The van der Waals surface area contributed by atoms with Crippen molar-refractivity contribution < 1.29 is 4.79 Å². The topological polar surface area (TPSA) is 105 Å². The first-order chi connectivity index (χ1) is 15.7. The number of hydrogen-bond donors (Lipinski definition) is 2. The van der Waals surface area contributed by atoms with Crippen LogP contribution in [0.4, 0.5) is 5.69 Å². The van der Waals surface area contributed by atoms with Crippen LogP contribution in [0.1, 0.15) is 34.9 Å². The minimum atomic E-state index is -0.285. The summed E-state index contributed by atoms with van der Waals surface area (Å²) >= 11 is 2.37. The molecule has 1 unspecified atom stereocenters. The van der Waals surface area contributed by atoms with Crippen LogP contribution < -0.4 is 5.32 Å². The number of carbonyl (C=O) groups is 1. The maximum absolute atomic E-state index is 12.8. The van der Waals surface area contributed by atoms with Crippen LogP contribution in [0.15, 0.2) is 60.9 Å². The van der Waals surface area contributed by atoms with Crippen molar-refractivity contribution in [2.45, 2.75) is 18.8 Å². The van der Waals surface area contributed by atoms with E-state index in [0.717, 1.165) is 43.0 Å². The van der Waals surface area contributed by atoms with Crippen LogP contribution in [0.3, 0.4) is 0 Å². The summed E-state index contributed by atoms with van der Waals surface area (Å²) in [6, 6.07) is 14.7. The van der Waals surface area contributed by atoms with Crippen molar-refractivity contribution in [1.29, 1.82) is 0 Å². The number of hydrogen-bond acceptors (Lipinski definition) is 6. The van der Waals surface area contributed by atoms with E-state index in [2.05, 4.69) is 56.8 Å². The Morgan fingerprint density at radius 2 is 2.09 bits per heavy atom. The predicted molar refractivity (Wildman–Crippen MR) is 129 cm³/mol. The van der Waals surface area contributed by atoms with Gasteiger partial charge in [0.05, 0.1) is 29.0 Å². The number of pyridine rings is 1. The summed E-state index contributed by atoms with van der Waals surface area (Å²) in [6.07, 6.45) is 5.92. The first-order valence-corrected chi connectivity index (χ1v) is 11.3. The summed E-state index contributed by atoms with van der Waals surface area (Å²) in [6.45, 7) is 2.10. The van der Waals surface area contributed by atoms with Crippen molar-refractivity contribution in [3.8, 4) is 17.1 Å². The number of nitrogens with one attached hydrogen (secondary N) is 2. The molecule has 0 radical (unpaired) electrons. The van der Waals surface area contributed by atoms with Crippen LogP contribution in [0.25, 0.3) is 17.1 Å². The molecule has 1 aliphatic heterocycles. The highest BCUT2D eigenvalue weighted by Gasteiger charge is 2.22. The second kappa shape index (κ2) is 9.17. The lowest BCUT2D eigenvalue weighted by Crippen LogP contribution is -2.26. The lowest BCUT2D eigenvalue weighted by atomic mass is 9.97. The number of rotatable bonds is 5. The zero-order chi connectivity index (χ0) is 21.9. The fourth-order valence-electron chi connectivity index (χ4n) is 3.79. The summed E-state index contributed by atoms with van der Waals surface area (Å²) in [5, 5.41) is 18.4. The third kappa shape index (κ3) is 4.55. The van der Waals surface area contributed by atoms with Gasteiger partial charge in [0.1, 0.15) is 5.69 Å². The van der Waals surface area contributed by atoms with Crippen molar-refractivity contribution in [3.63, 3.8) is 0 Å². The van der Waals surface area contributed by atoms with Gasteiger partial charge in [-0.1, -0.05) is 17.3 Å². The minimum Gasteiger partial charge on any atom is -0.321 e. The normalized spacial score (nSPS) is 16.7. The molecule has 1 saturated heterocycles. The molecule has 1 fully saturated rings. The van der Waals surface area contributed by atoms with E-state index in [-0.39, 0.29) is 5.91 Å². The van der Waals surface area contributed by atoms with E-state index >= 15 is 0 Å². The van der Waals surface area contributed by atoms with Crippen LogP contribution in [-0.2, 0) is 0 Å². The standard InChI is InChI=1S/C22H21IN8O/c23-30-11-3-4-15(13-30)21-14-31(29-28-21)17-6-1-5-16(12-17)25-22(32)20-8-2-7-18(26-20)19-9-10-24-27-19/h1-2,5-10,12,14-15H,3-4,11,13H2,(H,24,27)(H,25,32). The number of piperidine rings is 1. The van der Waals surface area contributed by atoms with Crippen molar-refractivity contribution in [1.82, 2.24) is 33.3 Å². The third-order valence-corrected chi connectivity index (χ3v) is 6.30. The lowest BCUT2D eigenvalue weighted by molar-refractivity contribution is 0.102. The number of aromatic amines is 1. The van der Waals surface area contributed by atoms with Gasteiger partial charge >= 0.3 is 0 Å². The average molecular weight is 540 g/mol. The van der Waals surface area contributed by atoms with E-state index in [9.17, 15) is 4.79 Å². The van der Waals surface area contributed by atoms with Gasteiger partial charge < -0.3 is 5.32 Å². The number of halogens is 1. The molecule has 1 aromatic carbocycles. The Kier molecular flexibility index (Phi) is 5.95. The molecule has 0 spiro atoms. The smallest absolute Gasteiger partial charge is 0.274 e. The monoisotopic (exact) mass is 540 g/mol. The second-order valence-corrected chi connectivity index (χ2v) is 9.04. The van der Waals surface area contributed by atoms with E-state index in [1.807, 2.05) is 42.6 Å². The molecule has 162 valence electrons. The van der Waals surface area contributed by atoms with E-state index in [4.69, 9.17) is 0 Å². The number of aromatic nitrogens is 6. The highest BCUT2D eigenvalue weighted by molar-refractivity contribution is 14.1. The molecule has 32 heavy (non-hydrogen) atoms. The molecule has 0 bridgehead atoms. The van der Waals surface area contributed by atoms with Gasteiger partial charge in [-0.25, -0.2) is 12.8 Å². The summed E-state index contributed by atoms with van der Waals surface area (Å²) in [5.41, 5.74) is 4.24. The second-order valence-electron chi connectivity index (χ2n) is 7.68. The van der Waals surface area contributed by atoms with Gasteiger partial charge in [-0.15, -0.1) is 5.10 Å². The summed E-state index contributed by atoms with van der Waals surface area (Å²) in [7, 11) is 0. The van der Waals surface area contributed by atoms with Crippen LogP contribution >= 0.6 is 22.9 Å². The van der Waals surface area contributed by atoms with Gasteiger partial charge in [-0.2, -0.15) is 5.10 Å². The zero-order valence-electron chi connectivity index (χ0n) is 17.1. The Morgan fingerprint density at radius 3 is 2.94 bits per heavy atom. The van der Waals surface area contributed by atoms with E-state index < -0.39 is 0 Å². The highest BCUT2D eigenvalue weighted by Crippen LogP contribution is 2.27. The van der Waals surface area contributed by atoms with Crippen LogP contribution in [0.5, 0.6) is 0 Å². The molecule has 0 saturated carbocycles. The third-order valence-electron chi connectivity index (χ3n) is 5.43. The molecular formula is C22H21IN8O. The van der Waals surface area contributed by atoms with Gasteiger partial charge in [0.15, 0.2) is 0 Å². The number of H-pyrrole nitrogens is 1. The van der Waals surface area contributed by atoms with E-state index in [0.29, 0.717) is 23.0 Å². The molecule has 10 heteroatoms. The SMILES string of the molecule is O=C(Nc1cccc(-n2cc(C3CCCN(I)C3)nn2)c1)c1cccc(-c2ccn[nH]2)n1. The first-order valence-electron chi connectivity index (χ1n) is 10.4. The maximum Gasteiger partial charge on any atom is 0.274 e. The molecule has 3 aromatic heterocycles. The Bertz CT molecular complexity index is 1220. The predicted octanol–water partition coefficient (Wildman–Crippen LogP) is 3.83. The quantitative estimate of drug-likeness (QED) is 0.295. The summed E-state index contributed by atoms with van der Waals surface area (Å²) in [4.78, 5) is 17.2. The molecule has 2 N–H and O–H groups in total. The van der Waals surface area contributed by atoms with Crippen LogP contribution in [0, 0.1) is 0 Å². The Morgan fingerprint density at radius 1 is 1.19 bits per heavy atom. The Labute approximate surface area is 198 Å². The zero-order valence-corrected chi connectivity index (χ0v) is 19.3. The summed E-state index contributed by atoms with van der Waals surface area (Å²) in [5.74, 6) is 0.109. The van der Waals surface area contributed by atoms with Gasteiger partial charge in [-0.05, 0) is 49.2 Å². The minimum absolute atomic E-state index is 0.285. The van der Waals surface area contributed by atoms with E-state index in [1.54, 1.807) is 23.0 Å². The molecule has 4 aromatic rings. The van der Waals surface area contributed by atoms with E-state index in [1.165, 1.54) is 0 Å². The summed E-state index contributed by atoms with van der Waals surface area (Å²) < 4.78 is 4.06.